The van der Waals surface area contributed by atoms with Crippen molar-refractivity contribution >= 4 is 35.6 Å². The van der Waals surface area contributed by atoms with E-state index < -0.39 is 0 Å². The van der Waals surface area contributed by atoms with Crippen molar-refractivity contribution in [1.82, 2.24) is 15.2 Å². The molecule has 5 nitrogen and oxygen atoms in total. The third kappa shape index (κ3) is 5.79. The Morgan fingerprint density at radius 2 is 1.85 bits per heavy atom. The van der Waals surface area contributed by atoms with Gasteiger partial charge in [-0.1, -0.05) is 6.07 Å². The highest BCUT2D eigenvalue weighted by Gasteiger charge is 2.20. The quantitative estimate of drug-likeness (QED) is 0.411. The van der Waals surface area contributed by atoms with Gasteiger partial charge in [-0.15, -0.1) is 24.0 Å². The van der Waals surface area contributed by atoms with Crippen LogP contribution in [0.25, 0.3) is 0 Å². The van der Waals surface area contributed by atoms with Crippen molar-refractivity contribution in [3.8, 4) is 0 Å². The summed E-state index contributed by atoms with van der Waals surface area (Å²) in [5.74, 6) is 0.732. The van der Waals surface area contributed by atoms with Gasteiger partial charge in [0.1, 0.15) is 5.82 Å². The van der Waals surface area contributed by atoms with E-state index in [-0.39, 0.29) is 29.8 Å². The summed E-state index contributed by atoms with van der Waals surface area (Å²) in [4.78, 5) is 13.8. The average Bonchev–Trinajstić information content (AvgIpc) is 2.67. The van der Waals surface area contributed by atoms with Crippen LogP contribution in [0.5, 0.6) is 0 Å². The Kier molecular flexibility index (Phi) is 8.27. The van der Waals surface area contributed by atoms with E-state index in [0.29, 0.717) is 6.54 Å². The molecule has 0 radical (unpaired) electrons. The molecule has 0 atom stereocenters. The van der Waals surface area contributed by atoms with Crippen molar-refractivity contribution in [2.24, 2.45) is 4.99 Å². The van der Waals surface area contributed by atoms with Crippen LogP contribution < -0.4 is 10.2 Å². The van der Waals surface area contributed by atoms with Gasteiger partial charge in [0.25, 0.3) is 0 Å². The van der Waals surface area contributed by atoms with Crippen LogP contribution in [0.4, 0.5) is 10.1 Å². The fraction of sp³-hybridized carbons (Fsp3) is 0.400. The molecule has 2 heterocycles. The number of pyridine rings is 1. The Morgan fingerprint density at radius 1 is 1.15 bits per heavy atom. The first kappa shape index (κ1) is 21.4. The number of rotatable bonds is 4. The van der Waals surface area contributed by atoms with E-state index in [2.05, 4.69) is 40.0 Å². The second-order valence-electron chi connectivity index (χ2n) is 6.39. The predicted octanol–water partition coefficient (Wildman–Crippen LogP) is 3.43. The van der Waals surface area contributed by atoms with E-state index in [4.69, 9.17) is 4.99 Å². The molecule has 0 bridgehead atoms. The number of halogens is 2. The Bertz CT molecular complexity index is 742. The molecular weight excluding hydrogens is 456 g/mol. The lowest BCUT2D eigenvalue weighted by Gasteiger charge is -2.37. The summed E-state index contributed by atoms with van der Waals surface area (Å²) in [6.07, 6.45) is 1.81. The van der Waals surface area contributed by atoms with Gasteiger partial charge in [0.15, 0.2) is 5.96 Å². The second kappa shape index (κ2) is 10.4. The summed E-state index contributed by atoms with van der Waals surface area (Å²) in [5.41, 5.74) is 3.23. The Hall–Kier alpha value is -1.90. The van der Waals surface area contributed by atoms with Gasteiger partial charge >= 0.3 is 0 Å². The lowest BCUT2D eigenvalue weighted by atomic mass is 10.2. The fourth-order valence-electron chi connectivity index (χ4n) is 3.09. The van der Waals surface area contributed by atoms with Gasteiger partial charge in [-0.2, -0.15) is 0 Å². The summed E-state index contributed by atoms with van der Waals surface area (Å²) in [7, 11) is 0. The Balaban J connectivity index is 0.00000261. The van der Waals surface area contributed by atoms with E-state index >= 15 is 0 Å². The first-order valence-electron chi connectivity index (χ1n) is 9.11. The molecule has 0 unspecified atom stereocenters. The maximum atomic E-state index is 13.1. The van der Waals surface area contributed by atoms with Gasteiger partial charge in [0.2, 0.25) is 0 Å². The summed E-state index contributed by atoms with van der Waals surface area (Å²) < 4.78 is 13.1. The molecule has 1 saturated heterocycles. The summed E-state index contributed by atoms with van der Waals surface area (Å²) >= 11 is 0. The van der Waals surface area contributed by atoms with Gasteiger partial charge in [0.05, 0.1) is 12.2 Å². The molecule has 3 rings (SSSR count). The highest BCUT2D eigenvalue weighted by Crippen LogP contribution is 2.17. The summed E-state index contributed by atoms with van der Waals surface area (Å²) in [6, 6.07) is 10.7. The third-order valence-corrected chi connectivity index (χ3v) is 4.60. The zero-order chi connectivity index (χ0) is 18.4. The van der Waals surface area contributed by atoms with Crippen molar-refractivity contribution in [3.05, 3.63) is 59.7 Å². The van der Waals surface area contributed by atoms with Crippen molar-refractivity contribution in [2.75, 3.05) is 37.6 Å². The minimum Gasteiger partial charge on any atom is -0.368 e. The standard InChI is InChI=1S/C20H26FN5.HI/c1-3-22-20(24-15-19-16(2)5-4-10-23-19)26-13-11-25(12-14-26)18-8-6-17(21)7-9-18;/h4-10H,3,11-15H2,1-2H3,(H,22,24);1H. The van der Waals surface area contributed by atoms with Crippen LogP contribution in [-0.2, 0) is 6.54 Å². The van der Waals surface area contributed by atoms with Gasteiger partial charge < -0.3 is 15.1 Å². The molecule has 1 aromatic carbocycles. The van der Waals surface area contributed by atoms with E-state index in [1.54, 1.807) is 0 Å². The Labute approximate surface area is 177 Å². The molecule has 2 aromatic rings. The lowest BCUT2D eigenvalue weighted by Crippen LogP contribution is -2.52. The maximum Gasteiger partial charge on any atom is 0.194 e. The topological polar surface area (TPSA) is 43.8 Å². The van der Waals surface area contributed by atoms with Crippen LogP contribution in [-0.4, -0.2) is 48.6 Å². The minimum absolute atomic E-state index is 0. The van der Waals surface area contributed by atoms with Gasteiger partial charge in [-0.25, -0.2) is 9.38 Å². The molecule has 1 aliphatic heterocycles. The van der Waals surface area contributed by atoms with Gasteiger partial charge in [-0.05, 0) is 49.7 Å². The molecule has 0 spiro atoms. The smallest absolute Gasteiger partial charge is 0.194 e. The lowest BCUT2D eigenvalue weighted by molar-refractivity contribution is 0.372. The maximum absolute atomic E-state index is 13.1. The highest BCUT2D eigenvalue weighted by atomic mass is 127. The first-order chi connectivity index (χ1) is 12.7. The van der Waals surface area contributed by atoms with Crippen molar-refractivity contribution in [2.45, 2.75) is 20.4 Å². The number of benzene rings is 1. The van der Waals surface area contributed by atoms with Crippen LogP contribution >= 0.6 is 24.0 Å². The number of hydrogen-bond donors (Lipinski definition) is 1. The van der Waals surface area contributed by atoms with Crippen LogP contribution in [0.15, 0.2) is 47.6 Å². The number of aryl methyl sites for hydroxylation is 1. The number of anilines is 1. The predicted molar refractivity (Wildman–Crippen MR) is 119 cm³/mol. The average molecular weight is 483 g/mol. The molecule has 0 amide bonds. The van der Waals surface area contributed by atoms with Crippen LogP contribution in [0, 0.1) is 12.7 Å². The highest BCUT2D eigenvalue weighted by molar-refractivity contribution is 14.0. The van der Waals surface area contributed by atoms with Crippen molar-refractivity contribution < 1.29 is 4.39 Å². The molecule has 27 heavy (non-hydrogen) atoms. The van der Waals surface area contributed by atoms with Crippen LogP contribution in [0.1, 0.15) is 18.2 Å². The monoisotopic (exact) mass is 483 g/mol. The zero-order valence-corrected chi connectivity index (χ0v) is 18.2. The number of aliphatic imine (C=N–C) groups is 1. The van der Waals surface area contributed by atoms with E-state index in [1.165, 1.54) is 12.1 Å². The first-order valence-corrected chi connectivity index (χ1v) is 9.11. The van der Waals surface area contributed by atoms with Crippen molar-refractivity contribution in [3.63, 3.8) is 0 Å². The zero-order valence-electron chi connectivity index (χ0n) is 15.9. The largest absolute Gasteiger partial charge is 0.368 e. The molecule has 1 fully saturated rings. The van der Waals surface area contributed by atoms with E-state index in [0.717, 1.165) is 55.6 Å². The van der Waals surface area contributed by atoms with Gasteiger partial charge in [0, 0.05) is 44.6 Å². The second-order valence-corrected chi connectivity index (χ2v) is 6.39. The fourth-order valence-corrected chi connectivity index (χ4v) is 3.09. The number of nitrogens with zero attached hydrogens (tertiary/aromatic N) is 4. The molecule has 0 aliphatic carbocycles. The summed E-state index contributed by atoms with van der Waals surface area (Å²) in [5, 5.41) is 3.38. The van der Waals surface area contributed by atoms with Gasteiger partial charge in [-0.3, -0.25) is 4.98 Å². The molecule has 1 aromatic heterocycles. The number of piperazine rings is 1. The van der Waals surface area contributed by atoms with Crippen molar-refractivity contribution in [1.29, 1.82) is 0 Å². The molecule has 1 aliphatic rings. The molecule has 146 valence electrons. The molecule has 1 N–H and O–H groups in total. The van der Waals surface area contributed by atoms with Crippen LogP contribution in [0.3, 0.4) is 0 Å². The van der Waals surface area contributed by atoms with E-state index in [9.17, 15) is 4.39 Å². The SMILES string of the molecule is CCNC(=NCc1ncccc1C)N1CCN(c2ccc(F)cc2)CC1.I. The molecular formula is C20H27FIN5. The summed E-state index contributed by atoms with van der Waals surface area (Å²) in [6.45, 7) is 9.08. The molecule has 7 heteroatoms. The number of aromatic nitrogens is 1. The number of nitrogens with one attached hydrogen (secondary N) is 1. The Morgan fingerprint density at radius 3 is 2.48 bits per heavy atom. The third-order valence-electron chi connectivity index (χ3n) is 4.60. The number of hydrogen-bond acceptors (Lipinski definition) is 3. The van der Waals surface area contributed by atoms with E-state index in [1.807, 2.05) is 24.4 Å². The van der Waals surface area contributed by atoms with Crippen LogP contribution in [0.2, 0.25) is 0 Å². The normalized spacial score (nSPS) is 14.7. The minimum atomic E-state index is -0.196. The molecule has 0 saturated carbocycles. The number of guanidine groups is 1.